The van der Waals surface area contributed by atoms with Crippen molar-refractivity contribution in [1.82, 2.24) is 5.32 Å². The third-order valence-corrected chi connectivity index (χ3v) is 3.41. The van der Waals surface area contributed by atoms with Gasteiger partial charge >= 0.3 is 6.03 Å². The van der Waals surface area contributed by atoms with Gasteiger partial charge in [0.05, 0.1) is 28.3 Å². The molecule has 0 spiro atoms. The minimum absolute atomic E-state index is 0.0506. The Morgan fingerprint density at radius 2 is 1.96 bits per heavy atom. The molecule has 120 valence electrons. The van der Waals surface area contributed by atoms with Gasteiger partial charge in [-0.15, -0.1) is 0 Å². The molecule has 2 amide bonds. The summed E-state index contributed by atoms with van der Waals surface area (Å²) in [6.45, 7) is -0.272. The van der Waals surface area contributed by atoms with Gasteiger partial charge in [0.25, 0.3) is 5.69 Å². The van der Waals surface area contributed by atoms with E-state index in [1.54, 1.807) is 24.3 Å². The van der Waals surface area contributed by atoms with E-state index in [-0.39, 0.29) is 23.0 Å². The van der Waals surface area contributed by atoms with Crippen molar-refractivity contribution in [1.29, 1.82) is 0 Å². The van der Waals surface area contributed by atoms with Crippen LogP contribution in [-0.2, 0) is 0 Å². The molecular formula is C15H14ClN3O4. The molecule has 8 heteroatoms. The zero-order chi connectivity index (χ0) is 16.8. The van der Waals surface area contributed by atoms with E-state index in [0.29, 0.717) is 0 Å². The van der Waals surface area contributed by atoms with Crippen molar-refractivity contribution < 1.29 is 14.8 Å². The summed E-state index contributed by atoms with van der Waals surface area (Å²) in [5.74, 6) is 0. The summed E-state index contributed by atoms with van der Waals surface area (Å²) in [5, 5.41) is 25.2. The highest BCUT2D eigenvalue weighted by atomic mass is 35.5. The van der Waals surface area contributed by atoms with Crippen LogP contribution in [0.4, 0.5) is 16.2 Å². The first kappa shape index (κ1) is 16.7. The van der Waals surface area contributed by atoms with Crippen LogP contribution in [0, 0.1) is 10.1 Å². The number of urea groups is 1. The lowest BCUT2D eigenvalue weighted by Crippen LogP contribution is -2.34. The summed E-state index contributed by atoms with van der Waals surface area (Å²) in [7, 11) is 0. The zero-order valence-corrected chi connectivity index (χ0v) is 12.7. The number of carbonyl (C=O) groups excluding carboxylic acids is 1. The SMILES string of the molecule is O=C(Nc1ccc([N+](=O)[O-])cc1Cl)N[C@H](CO)c1ccccc1. The van der Waals surface area contributed by atoms with Crippen molar-refractivity contribution in [2.45, 2.75) is 6.04 Å². The van der Waals surface area contributed by atoms with Crippen molar-refractivity contribution in [3.63, 3.8) is 0 Å². The Balaban J connectivity index is 2.06. The number of carbonyl (C=O) groups is 1. The summed E-state index contributed by atoms with van der Waals surface area (Å²) >= 11 is 5.91. The number of anilines is 1. The molecule has 0 unspecified atom stereocenters. The Hall–Kier alpha value is -2.64. The number of non-ortho nitro benzene ring substituents is 1. The molecule has 0 radical (unpaired) electrons. The average molecular weight is 336 g/mol. The second-order valence-electron chi connectivity index (χ2n) is 4.67. The maximum atomic E-state index is 12.0. The molecule has 0 fully saturated rings. The molecule has 0 saturated heterocycles. The Labute approximate surface area is 137 Å². The molecule has 3 N–H and O–H groups in total. The van der Waals surface area contributed by atoms with E-state index in [1.807, 2.05) is 6.07 Å². The highest BCUT2D eigenvalue weighted by Crippen LogP contribution is 2.26. The third-order valence-electron chi connectivity index (χ3n) is 3.10. The van der Waals surface area contributed by atoms with Crippen LogP contribution in [0.2, 0.25) is 5.02 Å². The summed E-state index contributed by atoms with van der Waals surface area (Å²) in [6, 6.07) is 11.6. The van der Waals surface area contributed by atoms with Crippen LogP contribution in [0.1, 0.15) is 11.6 Å². The molecule has 0 aliphatic heterocycles. The van der Waals surface area contributed by atoms with Crippen molar-refractivity contribution in [2.75, 3.05) is 11.9 Å². The molecule has 23 heavy (non-hydrogen) atoms. The largest absolute Gasteiger partial charge is 0.394 e. The summed E-state index contributed by atoms with van der Waals surface area (Å²) in [5.41, 5.74) is 0.818. The lowest BCUT2D eigenvalue weighted by atomic mass is 10.1. The van der Waals surface area contributed by atoms with E-state index in [1.165, 1.54) is 12.1 Å². The molecule has 2 aromatic rings. The molecular weight excluding hydrogens is 322 g/mol. The maximum absolute atomic E-state index is 12.0. The number of rotatable bonds is 5. The minimum Gasteiger partial charge on any atom is -0.394 e. The van der Waals surface area contributed by atoms with Gasteiger partial charge in [-0.25, -0.2) is 4.79 Å². The number of aliphatic hydroxyl groups excluding tert-OH is 1. The molecule has 0 aromatic heterocycles. The molecule has 7 nitrogen and oxygen atoms in total. The summed E-state index contributed by atoms with van der Waals surface area (Å²) < 4.78 is 0. The number of hydrogen-bond donors (Lipinski definition) is 3. The lowest BCUT2D eigenvalue weighted by Gasteiger charge is -2.17. The van der Waals surface area contributed by atoms with Gasteiger partial charge in [0, 0.05) is 12.1 Å². The molecule has 2 rings (SSSR count). The Morgan fingerprint density at radius 1 is 1.26 bits per heavy atom. The van der Waals surface area contributed by atoms with Gasteiger partial charge in [0.15, 0.2) is 0 Å². The van der Waals surface area contributed by atoms with Crippen molar-refractivity contribution >= 4 is 29.0 Å². The summed E-state index contributed by atoms with van der Waals surface area (Å²) in [4.78, 5) is 22.1. The van der Waals surface area contributed by atoms with Crippen LogP contribution in [0.3, 0.4) is 0 Å². The van der Waals surface area contributed by atoms with E-state index in [0.717, 1.165) is 11.6 Å². The molecule has 0 aliphatic rings. The van der Waals surface area contributed by atoms with Gasteiger partial charge in [-0.3, -0.25) is 10.1 Å². The topological polar surface area (TPSA) is 104 Å². The van der Waals surface area contributed by atoms with Crippen LogP contribution in [-0.4, -0.2) is 22.7 Å². The predicted octanol–water partition coefficient (Wildman–Crippen LogP) is 3.10. The second kappa shape index (κ2) is 7.57. The van der Waals surface area contributed by atoms with Crippen LogP contribution >= 0.6 is 11.6 Å². The first-order valence-electron chi connectivity index (χ1n) is 6.68. The number of aliphatic hydroxyl groups is 1. The fraction of sp³-hybridized carbons (Fsp3) is 0.133. The Kier molecular flexibility index (Phi) is 5.51. The number of benzene rings is 2. The second-order valence-corrected chi connectivity index (χ2v) is 5.07. The highest BCUT2D eigenvalue weighted by molar-refractivity contribution is 6.33. The summed E-state index contributed by atoms with van der Waals surface area (Å²) in [6.07, 6.45) is 0. The van der Waals surface area contributed by atoms with E-state index in [2.05, 4.69) is 10.6 Å². The quantitative estimate of drug-likeness (QED) is 0.576. The van der Waals surface area contributed by atoms with Gasteiger partial charge < -0.3 is 15.7 Å². The fourth-order valence-electron chi connectivity index (χ4n) is 1.96. The first-order valence-corrected chi connectivity index (χ1v) is 7.06. The van der Waals surface area contributed by atoms with Gasteiger partial charge in [0.2, 0.25) is 0 Å². The van der Waals surface area contributed by atoms with Crippen LogP contribution in [0.5, 0.6) is 0 Å². The number of nitrogens with one attached hydrogen (secondary N) is 2. The molecule has 0 heterocycles. The molecule has 0 aliphatic carbocycles. The van der Waals surface area contributed by atoms with Crippen LogP contribution in [0.15, 0.2) is 48.5 Å². The van der Waals surface area contributed by atoms with E-state index in [4.69, 9.17) is 11.6 Å². The standard InChI is InChI=1S/C15H14ClN3O4/c16-12-8-11(19(22)23)6-7-13(12)17-15(21)18-14(9-20)10-4-2-1-3-5-10/h1-8,14,20H,9H2,(H2,17,18,21)/t14-/m1/s1. The van der Waals surface area contributed by atoms with Gasteiger partial charge in [-0.1, -0.05) is 41.9 Å². The number of amides is 2. The Bertz CT molecular complexity index is 709. The zero-order valence-electron chi connectivity index (χ0n) is 11.9. The number of nitro groups is 1. The monoisotopic (exact) mass is 335 g/mol. The van der Waals surface area contributed by atoms with Gasteiger partial charge in [-0.2, -0.15) is 0 Å². The normalized spacial score (nSPS) is 11.6. The number of hydrogen-bond acceptors (Lipinski definition) is 4. The predicted molar refractivity (Wildman–Crippen MR) is 86.5 cm³/mol. The average Bonchev–Trinajstić information content (AvgIpc) is 2.55. The number of nitrogens with zero attached hydrogens (tertiary/aromatic N) is 1. The van der Waals surface area contributed by atoms with E-state index >= 15 is 0 Å². The smallest absolute Gasteiger partial charge is 0.319 e. The van der Waals surface area contributed by atoms with E-state index < -0.39 is 17.0 Å². The maximum Gasteiger partial charge on any atom is 0.319 e. The molecule has 1 atom stereocenters. The van der Waals surface area contributed by atoms with Gasteiger partial charge in [-0.05, 0) is 11.6 Å². The Morgan fingerprint density at radius 3 is 2.52 bits per heavy atom. The molecule has 0 saturated carbocycles. The molecule has 2 aromatic carbocycles. The minimum atomic E-state index is -0.580. The fourth-order valence-corrected chi connectivity index (χ4v) is 2.18. The van der Waals surface area contributed by atoms with E-state index in [9.17, 15) is 20.0 Å². The molecule has 0 bridgehead atoms. The first-order chi connectivity index (χ1) is 11.0. The van der Waals surface area contributed by atoms with Crippen molar-refractivity contribution in [2.24, 2.45) is 0 Å². The number of nitro benzene ring substituents is 1. The van der Waals surface area contributed by atoms with Crippen molar-refractivity contribution in [3.8, 4) is 0 Å². The van der Waals surface area contributed by atoms with Crippen molar-refractivity contribution in [3.05, 3.63) is 69.2 Å². The third kappa shape index (κ3) is 4.41. The lowest BCUT2D eigenvalue weighted by molar-refractivity contribution is -0.384. The number of halogens is 1. The van der Waals surface area contributed by atoms with Crippen LogP contribution < -0.4 is 10.6 Å². The van der Waals surface area contributed by atoms with Crippen LogP contribution in [0.25, 0.3) is 0 Å². The highest BCUT2D eigenvalue weighted by Gasteiger charge is 2.15. The van der Waals surface area contributed by atoms with Gasteiger partial charge in [0.1, 0.15) is 0 Å².